The lowest BCUT2D eigenvalue weighted by molar-refractivity contribution is -0.137. The van der Waals surface area contributed by atoms with Gasteiger partial charge in [0.2, 0.25) is 5.91 Å². The molecule has 0 aliphatic rings. The van der Waals surface area contributed by atoms with Crippen molar-refractivity contribution in [3.8, 4) is 0 Å². The second kappa shape index (κ2) is 6.92. The van der Waals surface area contributed by atoms with Gasteiger partial charge in [-0.2, -0.15) is 13.2 Å². The molecule has 1 amide bonds. The van der Waals surface area contributed by atoms with E-state index in [1.54, 1.807) is 0 Å². The Hall–Kier alpha value is -2.31. The number of carboxylic acid groups (broad SMARTS) is 1. The maximum atomic E-state index is 12.9. The zero-order chi connectivity index (χ0) is 16.0. The summed E-state index contributed by atoms with van der Waals surface area (Å²) in [7, 11) is 0. The molecule has 0 atom stereocenters. The van der Waals surface area contributed by atoms with Crippen molar-refractivity contribution in [1.82, 2.24) is 5.32 Å². The van der Waals surface area contributed by atoms with Crippen molar-refractivity contribution in [2.24, 2.45) is 0 Å². The molecule has 21 heavy (non-hydrogen) atoms. The Balaban J connectivity index is 2.93. The third-order valence-corrected chi connectivity index (χ3v) is 2.59. The molecule has 114 valence electrons. The molecular formula is C14H14F3NO3. The van der Waals surface area contributed by atoms with Crippen LogP contribution in [-0.2, 0) is 11.0 Å². The Morgan fingerprint density at radius 1 is 1.33 bits per heavy atom. The maximum Gasteiger partial charge on any atom is 0.417 e. The van der Waals surface area contributed by atoms with E-state index in [0.717, 1.165) is 12.1 Å². The highest BCUT2D eigenvalue weighted by atomic mass is 19.4. The normalized spacial score (nSPS) is 11.6. The van der Waals surface area contributed by atoms with Gasteiger partial charge in [-0.1, -0.05) is 18.2 Å². The number of benzene rings is 1. The van der Waals surface area contributed by atoms with Crippen LogP contribution in [0.15, 0.2) is 24.3 Å². The zero-order valence-corrected chi connectivity index (χ0v) is 11.2. The maximum absolute atomic E-state index is 12.9. The van der Waals surface area contributed by atoms with E-state index in [-0.39, 0.29) is 11.5 Å². The van der Waals surface area contributed by atoms with Gasteiger partial charge in [-0.15, -0.1) is 0 Å². The number of hydrogen-bond acceptors (Lipinski definition) is 2. The molecule has 0 heterocycles. The van der Waals surface area contributed by atoms with E-state index in [4.69, 9.17) is 5.11 Å². The highest BCUT2D eigenvalue weighted by Crippen LogP contribution is 2.33. The Labute approximate surface area is 119 Å². The molecule has 2 N–H and O–H groups in total. The van der Waals surface area contributed by atoms with Crippen molar-refractivity contribution in [2.45, 2.75) is 19.5 Å². The van der Waals surface area contributed by atoms with Crippen molar-refractivity contribution in [2.75, 3.05) is 6.54 Å². The second-order valence-corrected chi connectivity index (χ2v) is 4.28. The molecule has 0 unspecified atom stereocenters. The van der Waals surface area contributed by atoms with Crippen LogP contribution in [0.2, 0.25) is 0 Å². The molecule has 4 nitrogen and oxygen atoms in total. The molecule has 0 aromatic heterocycles. The first-order valence-corrected chi connectivity index (χ1v) is 6.07. The van der Waals surface area contributed by atoms with E-state index in [9.17, 15) is 22.8 Å². The minimum absolute atomic E-state index is 0.115. The minimum atomic E-state index is -4.64. The summed E-state index contributed by atoms with van der Waals surface area (Å²) in [5.74, 6) is -1.63. The van der Waals surface area contributed by atoms with Gasteiger partial charge < -0.3 is 10.4 Å². The highest BCUT2D eigenvalue weighted by Gasteiger charge is 2.33. The number of carbonyl (C=O) groups excluding carboxylic acids is 1. The van der Waals surface area contributed by atoms with E-state index in [0.29, 0.717) is 19.0 Å². The molecule has 0 spiro atoms. The fraction of sp³-hybridized carbons (Fsp3) is 0.286. The smallest absolute Gasteiger partial charge is 0.417 e. The molecular weight excluding hydrogens is 287 g/mol. The first-order chi connectivity index (χ1) is 9.71. The van der Waals surface area contributed by atoms with E-state index < -0.39 is 23.3 Å². The number of aromatic carboxylic acids is 1. The lowest BCUT2D eigenvalue weighted by atomic mass is 10.0. The number of hydrogen-bond donors (Lipinski definition) is 2. The molecule has 0 radical (unpaired) electrons. The predicted molar refractivity (Wildman–Crippen MR) is 70.7 cm³/mol. The summed E-state index contributed by atoms with van der Waals surface area (Å²) in [6, 6.07) is 2.84. The van der Waals surface area contributed by atoms with Gasteiger partial charge in [0.05, 0.1) is 11.1 Å². The van der Waals surface area contributed by atoms with Crippen LogP contribution in [-0.4, -0.2) is 23.5 Å². The predicted octanol–water partition coefficient (Wildman–Crippen LogP) is 2.94. The lowest BCUT2D eigenvalue weighted by Crippen LogP contribution is -2.20. The molecule has 7 heteroatoms. The largest absolute Gasteiger partial charge is 0.478 e. The van der Waals surface area contributed by atoms with Crippen LogP contribution in [0.1, 0.15) is 34.8 Å². The van der Waals surface area contributed by atoms with Gasteiger partial charge in [0.25, 0.3) is 0 Å². The molecule has 0 aliphatic carbocycles. The quantitative estimate of drug-likeness (QED) is 0.822. The van der Waals surface area contributed by atoms with Crippen LogP contribution in [0, 0.1) is 0 Å². The molecule has 1 rings (SSSR count). The Morgan fingerprint density at radius 2 is 2.00 bits per heavy atom. The van der Waals surface area contributed by atoms with Crippen LogP contribution >= 0.6 is 0 Å². The Kier molecular flexibility index (Phi) is 5.52. The van der Waals surface area contributed by atoms with Crippen LogP contribution in [0.4, 0.5) is 13.2 Å². The highest BCUT2D eigenvalue weighted by molar-refractivity contribution is 5.88. The van der Waals surface area contributed by atoms with Crippen molar-refractivity contribution in [3.63, 3.8) is 0 Å². The summed E-state index contributed by atoms with van der Waals surface area (Å²) in [5, 5.41) is 11.2. The number of nitrogens with one attached hydrogen (secondary N) is 1. The van der Waals surface area contributed by atoms with E-state index in [2.05, 4.69) is 5.32 Å². The number of carboxylic acids is 1. The Morgan fingerprint density at radius 3 is 2.52 bits per heavy atom. The summed E-state index contributed by atoms with van der Waals surface area (Å²) >= 11 is 0. The van der Waals surface area contributed by atoms with E-state index >= 15 is 0 Å². The van der Waals surface area contributed by atoms with Gasteiger partial charge in [0, 0.05) is 13.5 Å². The zero-order valence-electron chi connectivity index (χ0n) is 11.2. The monoisotopic (exact) mass is 301 g/mol. The summed E-state index contributed by atoms with van der Waals surface area (Å²) in [6.07, 6.45) is -1.52. The lowest BCUT2D eigenvalue weighted by Gasteiger charge is -2.11. The van der Waals surface area contributed by atoms with Crippen molar-refractivity contribution in [3.05, 3.63) is 41.0 Å². The number of amides is 1. The molecule has 0 saturated heterocycles. The number of carbonyl (C=O) groups is 2. The van der Waals surface area contributed by atoms with Gasteiger partial charge in [-0.3, -0.25) is 4.79 Å². The van der Waals surface area contributed by atoms with E-state index in [1.165, 1.54) is 19.1 Å². The molecule has 0 saturated carbocycles. The van der Waals surface area contributed by atoms with Crippen molar-refractivity contribution in [1.29, 1.82) is 0 Å². The molecule has 0 fully saturated rings. The SMILES string of the molecule is CC(=O)NCCC=Cc1ccc(C(=O)O)cc1C(F)(F)F. The van der Waals surface area contributed by atoms with Crippen molar-refractivity contribution < 1.29 is 27.9 Å². The number of halogens is 3. The van der Waals surface area contributed by atoms with Gasteiger partial charge in [0.15, 0.2) is 0 Å². The van der Waals surface area contributed by atoms with Gasteiger partial charge in [-0.05, 0) is 24.1 Å². The van der Waals surface area contributed by atoms with Gasteiger partial charge in [0.1, 0.15) is 0 Å². The average molecular weight is 301 g/mol. The van der Waals surface area contributed by atoms with Crippen LogP contribution < -0.4 is 5.32 Å². The standard InChI is InChI=1S/C14H14F3NO3/c1-9(19)18-7-3-2-4-10-5-6-11(13(20)21)8-12(10)14(15,16)17/h2,4-6,8H,3,7H2,1H3,(H,18,19)(H,20,21). The number of rotatable bonds is 5. The first kappa shape index (κ1) is 16.7. The molecule has 1 aromatic rings. The summed E-state index contributed by atoms with van der Waals surface area (Å²) in [4.78, 5) is 21.4. The van der Waals surface area contributed by atoms with Crippen molar-refractivity contribution >= 4 is 18.0 Å². The number of alkyl halides is 3. The summed E-state index contributed by atoms with van der Waals surface area (Å²) in [5.41, 5.74) is -1.54. The second-order valence-electron chi connectivity index (χ2n) is 4.28. The minimum Gasteiger partial charge on any atom is -0.478 e. The Bertz CT molecular complexity index is 565. The molecule has 0 aliphatic heterocycles. The third kappa shape index (κ3) is 5.29. The summed E-state index contributed by atoms with van der Waals surface area (Å²) in [6.45, 7) is 1.66. The van der Waals surface area contributed by atoms with Crippen LogP contribution in [0.5, 0.6) is 0 Å². The molecule has 1 aromatic carbocycles. The molecule has 0 bridgehead atoms. The van der Waals surface area contributed by atoms with Crippen LogP contribution in [0.3, 0.4) is 0 Å². The fourth-order valence-corrected chi connectivity index (χ4v) is 1.62. The van der Waals surface area contributed by atoms with Gasteiger partial charge in [-0.25, -0.2) is 4.79 Å². The van der Waals surface area contributed by atoms with Gasteiger partial charge >= 0.3 is 12.1 Å². The summed E-state index contributed by atoms with van der Waals surface area (Å²) < 4.78 is 38.7. The first-order valence-electron chi connectivity index (χ1n) is 6.07. The van der Waals surface area contributed by atoms with E-state index in [1.807, 2.05) is 0 Å². The fourth-order valence-electron chi connectivity index (χ4n) is 1.62. The van der Waals surface area contributed by atoms with Crippen LogP contribution in [0.25, 0.3) is 6.08 Å². The third-order valence-electron chi connectivity index (χ3n) is 2.59. The topological polar surface area (TPSA) is 66.4 Å². The average Bonchev–Trinajstić information content (AvgIpc) is 2.36.